The Morgan fingerprint density at radius 1 is 1.45 bits per heavy atom. The molecule has 2 heterocycles. The van der Waals surface area contributed by atoms with Crippen molar-refractivity contribution in [3.05, 3.63) is 40.2 Å². The van der Waals surface area contributed by atoms with Gasteiger partial charge in [-0.2, -0.15) is 0 Å². The summed E-state index contributed by atoms with van der Waals surface area (Å²) >= 11 is 1.43. The molecule has 2 aromatic rings. The van der Waals surface area contributed by atoms with Gasteiger partial charge in [-0.05, 0) is 25.5 Å². The molecule has 0 spiro atoms. The summed E-state index contributed by atoms with van der Waals surface area (Å²) in [6.07, 6.45) is 3.79. The van der Waals surface area contributed by atoms with Crippen LogP contribution in [0.5, 0.6) is 0 Å². The number of rotatable bonds is 5. The van der Waals surface area contributed by atoms with E-state index in [4.69, 9.17) is 0 Å². The maximum Gasteiger partial charge on any atom is 0.261 e. The van der Waals surface area contributed by atoms with E-state index in [0.29, 0.717) is 5.01 Å². The highest BCUT2D eigenvalue weighted by molar-refractivity contribution is 7.89. The molecule has 0 saturated heterocycles. The largest absolute Gasteiger partial charge is 0.261 e. The van der Waals surface area contributed by atoms with Crippen molar-refractivity contribution in [1.29, 1.82) is 0 Å². The molecule has 0 aliphatic heterocycles. The molecule has 0 amide bonds. The van der Waals surface area contributed by atoms with Crippen LogP contribution in [0, 0.1) is 5.82 Å². The smallest absolute Gasteiger partial charge is 0.248 e. The Balaban J connectivity index is 2.22. The zero-order chi connectivity index (χ0) is 14.8. The number of aryl methyl sites for hydroxylation is 1. The summed E-state index contributed by atoms with van der Waals surface area (Å²) in [6.45, 7) is 3.66. The SMILES string of the molecule is CCc1cnc(C(C)NS(=O)(=O)c2ncccc2F)s1. The van der Waals surface area contributed by atoms with Crippen molar-refractivity contribution in [2.24, 2.45) is 0 Å². The summed E-state index contributed by atoms with van der Waals surface area (Å²) in [7, 11) is -4.01. The lowest BCUT2D eigenvalue weighted by Crippen LogP contribution is -2.28. The molecule has 0 aliphatic rings. The number of hydrogen-bond donors (Lipinski definition) is 1. The molecule has 1 unspecified atom stereocenters. The van der Waals surface area contributed by atoms with Gasteiger partial charge in [0.2, 0.25) is 5.03 Å². The number of nitrogens with zero attached hydrogens (tertiary/aromatic N) is 2. The standard InChI is InChI=1S/C12H14FN3O2S2/c1-3-9-7-15-11(19-9)8(2)16-20(17,18)12-10(13)5-4-6-14-12/h4-8,16H,3H2,1-2H3. The van der Waals surface area contributed by atoms with Crippen LogP contribution in [0.4, 0.5) is 4.39 Å². The van der Waals surface area contributed by atoms with E-state index in [1.807, 2.05) is 6.92 Å². The van der Waals surface area contributed by atoms with Crippen molar-refractivity contribution in [3.63, 3.8) is 0 Å². The first-order valence-electron chi connectivity index (χ1n) is 6.01. The van der Waals surface area contributed by atoms with E-state index >= 15 is 0 Å². The number of nitrogens with one attached hydrogen (secondary N) is 1. The van der Waals surface area contributed by atoms with Gasteiger partial charge >= 0.3 is 0 Å². The Labute approximate surface area is 121 Å². The van der Waals surface area contributed by atoms with Gasteiger partial charge in [0.15, 0.2) is 5.82 Å². The maximum absolute atomic E-state index is 13.5. The molecule has 20 heavy (non-hydrogen) atoms. The topological polar surface area (TPSA) is 72.0 Å². The van der Waals surface area contributed by atoms with Crippen molar-refractivity contribution in [2.45, 2.75) is 31.3 Å². The van der Waals surface area contributed by atoms with Gasteiger partial charge in [0.1, 0.15) is 5.01 Å². The van der Waals surface area contributed by atoms with Crippen molar-refractivity contribution >= 4 is 21.4 Å². The number of sulfonamides is 1. The molecule has 0 aromatic carbocycles. The molecule has 8 heteroatoms. The predicted molar refractivity (Wildman–Crippen MR) is 74.4 cm³/mol. The zero-order valence-corrected chi connectivity index (χ0v) is 12.6. The molecular formula is C12H14FN3O2S2. The Morgan fingerprint density at radius 3 is 2.80 bits per heavy atom. The molecule has 0 aliphatic carbocycles. The summed E-state index contributed by atoms with van der Waals surface area (Å²) in [5, 5.41) is 0.0425. The fraction of sp³-hybridized carbons (Fsp3) is 0.333. The van der Waals surface area contributed by atoms with E-state index < -0.39 is 26.9 Å². The second kappa shape index (κ2) is 5.94. The van der Waals surface area contributed by atoms with Gasteiger partial charge in [0.25, 0.3) is 10.0 Å². The third-order valence-electron chi connectivity index (χ3n) is 2.60. The number of pyridine rings is 1. The van der Waals surface area contributed by atoms with E-state index in [1.165, 1.54) is 23.6 Å². The lowest BCUT2D eigenvalue weighted by Gasteiger charge is -2.11. The minimum atomic E-state index is -4.01. The number of hydrogen-bond acceptors (Lipinski definition) is 5. The summed E-state index contributed by atoms with van der Waals surface area (Å²) in [5.74, 6) is -0.874. The molecule has 0 fully saturated rings. The maximum atomic E-state index is 13.5. The van der Waals surface area contributed by atoms with Crippen LogP contribution in [-0.4, -0.2) is 18.4 Å². The van der Waals surface area contributed by atoms with Gasteiger partial charge in [0, 0.05) is 17.3 Å². The quantitative estimate of drug-likeness (QED) is 0.919. The highest BCUT2D eigenvalue weighted by Gasteiger charge is 2.24. The first kappa shape index (κ1) is 15.0. The number of halogens is 1. The van der Waals surface area contributed by atoms with Crippen molar-refractivity contribution in [3.8, 4) is 0 Å². The van der Waals surface area contributed by atoms with Crippen LogP contribution < -0.4 is 4.72 Å². The van der Waals surface area contributed by atoms with Crippen LogP contribution in [-0.2, 0) is 16.4 Å². The second-order valence-corrected chi connectivity index (χ2v) is 6.93. The lowest BCUT2D eigenvalue weighted by atomic mass is 10.4. The fourth-order valence-electron chi connectivity index (χ4n) is 1.59. The van der Waals surface area contributed by atoms with Crippen molar-refractivity contribution in [2.75, 3.05) is 0 Å². The molecule has 108 valence electrons. The van der Waals surface area contributed by atoms with Gasteiger partial charge in [-0.25, -0.2) is 27.5 Å². The number of aromatic nitrogens is 2. The average molecular weight is 315 g/mol. The van der Waals surface area contributed by atoms with Crippen molar-refractivity contribution in [1.82, 2.24) is 14.7 Å². The monoisotopic (exact) mass is 315 g/mol. The van der Waals surface area contributed by atoms with Gasteiger partial charge in [0.05, 0.1) is 6.04 Å². The first-order valence-corrected chi connectivity index (χ1v) is 8.31. The zero-order valence-electron chi connectivity index (χ0n) is 11.0. The Bertz CT molecular complexity index is 700. The Hall–Kier alpha value is -1.38. The van der Waals surface area contributed by atoms with Crippen LogP contribution in [0.15, 0.2) is 29.6 Å². The highest BCUT2D eigenvalue weighted by atomic mass is 32.2. The van der Waals surface area contributed by atoms with Crippen LogP contribution in [0.1, 0.15) is 29.8 Å². The van der Waals surface area contributed by atoms with Crippen LogP contribution in [0.25, 0.3) is 0 Å². The van der Waals surface area contributed by atoms with Crippen LogP contribution in [0.3, 0.4) is 0 Å². The van der Waals surface area contributed by atoms with E-state index in [2.05, 4.69) is 14.7 Å². The number of thiazole rings is 1. The molecule has 0 saturated carbocycles. The van der Waals surface area contributed by atoms with Gasteiger partial charge < -0.3 is 0 Å². The normalized spacial score (nSPS) is 13.3. The summed E-state index contributed by atoms with van der Waals surface area (Å²) in [6, 6.07) is 1.86. The molecule has 0 radical (unpaired) electrons. The molecule has 2 rings (SSSR count). The first-order chi connectivity index (χ1) is 9.44. The minimum absolute atomic E-state index is 0.535. The van der Waals surface area contributed by atoms with Crippen molar-refractivity contribution < 1.29 is 12.8 Å². The van der Waals surface area contributed by atoms with E-state index in [1.54, 1.807) is 13.1 Å². The molecule has 1 atom stereocenters. The summed E-state index contributed by atoms with van der Waals surface area (Å²) in [5.41, 5.74) is 0. The van der Waals surface area contributed by atoms with E-state index in [-0.39, 0.29) is 0 Å². The molecule has 0 bridgehead atoms. The second-order valence-electron chi connectivity index (χ2n) is 4.15. The average Bonchev–Trinajstić information content (AvgIpc) is 2.87. The predicted octanol–water partition coefficient (Wildman–Crippen LogP) is 2.28. The Kier molecular flexibility index (Phi) is 4.46. The third-order valence-corrected chi connectivity index (χ3v) is 5.40. The lowest BCUT2D eigenvalue weighted by molar-refractivity contribution is 0.535. The molecule has 2 aromatic heterocycles. The van der Waals surface area contributed by atoms with Gasteiger partial charge in [-0.15, -0.1) is 11.3 Å². The Morgan fingerprint density at radius 2 is 2.20 bits per heavy atom. The van der Waals surface area contributed by atoms with Crippen LogP contribution >= 0.6 is 11.3 Å². The summed E-state index contributed by atoms with van der Waals surface area (Å²) in [4.78, 5) is 8.81. The van der Waals surface area contributed by atoms with Gasteiger partial charge in [-0.3, -0.25) is 0 Å². The molecular weight excluding hydrogens is 301 g/mol. The van der Waals surface area contributed by atoms with E-state index in [0.717, 1.165) is 17.4 Å². The third kappa shape index (κ3) is 3.20. The molecule has 5 nitrogen and oxygen atoms in total. The van der Waals surface area contributed by atoms with E-state index in [9.17, 15) is 12.8 Å². The fourth-order valence-corrected chi connectivity index (χ4v) is 3.74. The van der Waals surface area contributed by atoms with Crippen LogP contribution in [0.2, 0.25) is 0 Å². The summed E-state index contributed by atoms with van der Waals surface area (Å²) < 4.78 is 40.0. The minimum Gasteiger partial charge on any atom is -0.248 e. The molecule has 1 N–H and O–H groups in total. The van der Waals surface area contributed by atoms with Gasteiger partial charge in [-0.1, -0.05) is 6.92 Å². The highest BCUT2D eigenvalue weighted by Crippen LogP contribution is 2.22.